The Balaban J connectivity index is 1.93. The molecule has 0 bridgehead atoms. The molecule has 0 spiro atoms. The minimum atomic E-state index is 0.552. The molecule has 0 aliphatic heterocycles. The largest absolute Gasteiger partial charge is 0.493 e. The first-order valence-corrected chi connectivity index (χ1v) is 6.69. The zero-order valence-corrected chi connectivity index (χ0v) is 11.0. The third kappa shape index (κ3) is 3.47. The van der Waals surface area contributed by atoms with Crippen molar-refractivity contribution in [2.75, 3.05) is 20.2 Å². The molecule has 2 heteroatoms. The zero-order valence-electron chi connectivity index (χ0n) is 11.0. The van der Waals surface area contributed by atoms with Gasteiger partial charge in [-0.25, -0.2) is 0 Å². The van der Waals surface area contributed by atoms with Gasteiger partial charge in [0.05, 0.1) is 6.61 Å². The van der Waals surface area contributed by atoms with Crippen molar-refractivity contribution >= 4 is 0 Å². The fourth-order valence-corrected chi connectivity index (χ4v) is 2.45. The van der Waals surface area contributed by atoms with Gasteiger partial charge in [0, 0.05) is 12.5 Å². The SMILES string of the molecule is CNCC(C)COc1ccc2c(c1)CCCC2. The first-order chi connectivity index (χ1) is 8.29. The molecule has 1 atom stereocenters. The third-order valence-electron chi connectivity index (χ3n) is 3.41. The lowest BCUT2D eigenvalue weighted by Crippen LogP contribution is -2.21. The minimum Gasteiger partial charge on any atom is -0.493 e. The van der Waals surface area contributed by atoms with E-state index in [1.54, 1.807) is 0 Å². The average Bonchev–Trinajstić information content (AvgIpc) is 2.36. The van der Waals surface area contributed by atoms with Crippen LogP contribution < -0.4 is 10.1 Å². The topological polar surface area (TPSA) is 21.3 Å². The molecule has 1 unspecified atom stereocenters. The monoisotopic (exact) mass is 233 g/mol. The van der Waals surface area contributed by atoms with Crippen LogP contribution in [-0.4, -0.2) is 20.2 Å². The summed E-state index contributed by atoms with van der Waals surface area (Å²) in [6, 6.07) is 6.60. The predicted octanol–water partition coefficient (Wildman–Crippen LogP) is 2.80. The van der Waals surface area contributed by atoms with Crippen molar-refractivity contribution < 1.29 is 4.74 Å². The highest BCUT2D eigenvalue weighted by atomic mass is 16.5. The summed E-state index contributed by atoms with van der Waals surface area (Å²) >= 11 is 0. The predicted molar refractivity (Wildman–Crippen MR) is 71.7 cm³/mol. The second kappa shape index (κ2) is 6.06. The van der Waals surface area contributed by atoms with Crippen LogP contribution in [0.1, 0.15) is 30.9 Å². The number of hydrogen-bond donors (Lipinski definition) is 1. The maximum atomic E-state index is 5.85. The smallest absolute Gasteiger partial charge is 0.119 e. The molecule has 1 aliphatic rings. The second-order valence-electron chi connectivity index (χ2n) is 5.11. The number of nitrogens with one attached hydrogen (secondary N) is 1. The summed E-state index contributed by atoms with van der Waals surface area (Å²) in [5, 5.41) is 3.17. The molecule has 0 fully saturated rings. The van der Waals surface area contributed by atoms with E-state index in [4.69, 9.17) is 4.74 Å². The molecular weight excluding hydrogens is 210 g/mol. The van der Waals surface area contributed by atoms with Crippen molar-refractivity contribution in [1.29, 1.82) is 0 Å². The molecule has 2 rings (SSSR count). The lowest BCUT2D eigenvalue weighted by Gasteiger charge is -2.18. The Bertz CT molecular complexity index is 362. The van der Waals surface area contributed by atoms with Crippen LogP contribution in [0.2, 0.25) is 0 Å². The van der Waals surface area contributed by atoms with Gasteiger partial charge in [-0.1, -0.05) is 13.0 Å². The second-order valence-corrected chi connectivity index (χ2v) is 5.11. The van der Waals surface area contributed by atoms with Crippen LogP contribution >= 0.6 is 0 Å². The van der Waals surface area contributed by atoms with E-state index in [9.17, 15) is 0 Å². The van der Waals surface area contributed by atoms with Crippen molar-refractivity contribution in [1.82, 2.24) is 5.32 Å². The zero-order chi connectivity index (χ0) is 12.1. The number of benzene rings is 1. The molecule has 0 amide bonds. The molecule has 94 valence electrons. The van der Waals surface area contributed by atoms with E-state index in [0.29, 0.717) is 5.92 Å². The normalized spacial score (nSPS) is 16.4. The van der Waals surface area contributed by atoms with E-state index in [-0.39, 0.29) is 0 Å². The molecule has 0 heterocycles. The highest BCUT2D eigenvalue weighted by molar-refractivity contribution is 5.37. The number of aryl methyl sites for hydroxylation is 2. The Kier molecular flexibility index (Phi) is 4.43. The quantitative estimate of drug-likeness (QED) is 0.844. The molecule has 0 aromatic heterocycles. The molecule has 2 nitrogen and oxygen atoms in total. The summed E-state index contributed by atoms with van der Waals surface area (Å²) in [5.74, 6) is 1.59. The van der Waals surface area contributed by atoms with Gasteiger partial charge in [-0.2, -0.15) is 0 Å². The Morgan fingerprint density at radius 1 is 1.24 bits per heavy atom. The molecular formula is C15H23NO. The van der Waals surface area contributed by atoms with E-state index < -0.39 is 0 Å². The van der Waals surface area contributed by atoms with Crippen LogP contribution in [0.15, 0.2) is 18.2 Å². The molecule has 1 N–H and O–H groups in total. The van der Waals surface area contributed by atoms with Crippen LogP contribution in [-0.2, 0) is 12.8 Å². The summed E-state index contributed by atoms with van der Waals surface area (Å²) < 4.78 is 5.85. The first-order valence-electron chi connectivity index (χ1n) is 6.69. The average molecular weight is 233 g/mol. The lowest BCUT2D eigenvalue weighted by molar-refractivity contribution is 0.257. The molecule has 0 saturated heterocycles. The van der Waals surface area contributed by atoms with Crippen molar-refractivity contribution in [3.05, 3.63) is 29.3 Å². The molecule has 1 aromatic rings. The van der Waals surface area contributed by atoms with Crippen LogP contribution in [0, 0.1) is 5.92 Å². The maximum absolute atomic E-state index is 5.85. The van der Waals surface area contributed by atoms with Gasteiger partial charge in [-0.05, 0) is 56.0 Å². The highest BCUT2D eigenvalue weighted by Crippen LogP contribution is 2.25. The maximum Gasteiger partial charge on any atom is 0.119 e. The Morgan fingerprint density at radius 2 is 2.00 bits per heavy atom. The van der Waals surface area contributed by atoms with Gasteiger partial charge in [0.2, 0.25) is 0 Å². The summed E-state index contributed by atoms with van der Waals surface area (Å²) in [4.78, 5) is 0. The Hall–Kier alpha value is -1.02. The van der Waals surface area contributed by atoms with Gasteiger partial charge in [-0.3, -0.25) is 0 Å². The van der Waals surface area contributed by atoms with Crippen LogP contribution in [0.25, 0.3) is 0 Å². The van der Waals surface area contributed by atoms with Crippen molar-refractivity contribution in [2.45, 2.75) is 32.6 Å². The van der Waals surface area contributed by atoms with Crippen molar-refractivity contribution in [3.63, 3.8) is 0 Å². The summed E-state index contributed by atoms with van der Waals surface area (Å²) in [6.45, 7) is 4.00. The Morgan fingerprint density at radius 3 is 2.76 bits per heavy atom. The molecule has 17 heavy (non-hydrogen) atoms. The van der Waals surface area contributed by atoms with E-state index >= 15 is 0 Å². The molecule has 0 radical (unpaired) electrons. The number of fused-ring (bicyclic) bond motifs is 1. The fraction of sp³-hybridized carbons (Fsp3) is 0.600. The summed E-state index contributed by atoms with van der Waals surface area (Å²) in [5.41, 5.74) is 3.02. The Labute approximate surface area is 104 Å². The lowest BCUT2D eigenvalue weighted by atomic mass is 9.92. The van der Waals surface area contributed by atoms with E-state index in [0.717, 1.165) is 18.9 Å². The van der Waals surface area contributed by atoms with E-state index in [1.807, 2.05) is 7.05 Å². The van der Waals surface area contributed by atoms with Crippen LogP contribution in [0.3, 0.4) is 0 Å². The van der Waals surface area contributed by atoms with Crippen molar-refractivity contribution in [2.24, 2.45) is 5.92 Å². The number of rotatable bonds is 5. The third-order valence-corrected chi connectivity index (χ3v) is 3.41. The number of hydrogen-bond acceptors (Lipinski definition) is 2. The summed E-state index contributed by atoms with van der Waals surface area (Å²) in [7, 11) is 1.98. The first kappa shape index (κ1) is 12.4. The molecule has 1 aromatic carbocycles. The van der Waals surface area contributed by atoms with Crippen molar-refractivity contribution in [3.8, 4) is 5.75 Å². The molecule has 0 saturated carbocycles. The minimum absolute atomic E-state index is 0.552. The van der Waals surface area contributed by atoms with E-state index in [1.165, 1.54) is 36.8 Å². The van der Waals surface area contributed by atoms with Gasteiger partial charge >= 0.3 is 0 Å². The highest BCUT2D eigenvalue weighted by Gasteiger charge is 2.10. The van der Waals surface area contributed by atoms with Crippen LogP contribution in [0.5, 0.6) is 5.75 Å². The standard InChI is InChI=1S/C15H23NO/c1-12(10-16-2)11-17-15-8-7-13-5-3-4-6-14(13)9-15/h7-9,12,16H,3-6,10-11H2,1-2H3. The van der Waals surface area contributed by atoms with E-state index in [2.05, 4.69) is 30.4 Å². The van der Waals surface area contributed by atoms with Gasteiger partial charge in [0.15, 0.2) is 0 Å². The van der Waals surface area contributed by atoms with Gasteiger partial charge in [-0.15, -0.1) is 0 Å². The van der Waals surface area contributed by atoms with Gasteiger partial charge < -0.3 is 10.1 Å². The van der Waals surface area contributed by atoms with Gasteiger partial charge in [0.25, 0.3) is 0 Å². The van der Waals surface area contributed by atoms with Gasteiger partial charge in [0.1, 0.15) is 5.75 Å². The fourth-order valence-electron chi connectivity index (χ4n) is 2.45. The van der Waals surface area contributed by atoms with Crippen LogP contribution in [0.4, 0.5) is 0 Å². The summed E-state index contributed by atoms with van der Waals surface area (Å²) in [6.07, 6.45) is 5.13. The molecule has 1 aliphatic carbocycles. The number of ether oxygens (including phenoxy) is 1.